The number of nitriles is 1. The molecule has 2 N–H and O–H groups in total. The second kappa shape index (κ2) is 5.78. The topological polar surface area (TPSA) is 86.0 Å². The summed E-state index contributed by atoms with van der Waals surface area (Å²) >= 11 is 11.6. The molecule has 0 aliphatic carbocycles. The summed E-state index contributed by atoms with van der Waals surface area (Å²) in [6.45, 7) is 0. The van der Waals surface area contributed by atoms with Crippen LogP contribution in [0.5, 0.6) is 0 Å². The Morgan fingerprint density at radius 2 is 2.05 bits per heavy atom. The van der Waals surface area contributed by atoms with Crippen LogP contribution in [-0.2, 0) is 0 Å². The summed E-state index contributed by atoms with van der Waals surface area (Å²) in [6.07, 6.45) is 0. The fourth-order valence-electron chi connectivity index (χ4n) is 1.52. The molecule has 0 aliphatic heterocycles. The van der Waals surface area contributed by atoms with Crippen LogP contribution in [0.4, 0.5) is 11.5 Å². The van der Waals surface area contributed by atoms with E-state index in [1.807, 2.05) is 6.07 Å². The molecule has 0 amide bonds. The number of halogens is 2. The van der Waals surface area contributed by atoms with Gasteiger partial charge in [-0.3, -0.25) is 0 Å². The van der Waals surface area contributed by atoms with Crippen LogP contribution < -0.4 is 5.32 Å². The maximum absolute atomic E-state index is 11.0. The highest BCUT2D eigenvalue weighted by molar-refractivity contribution is 6.33. The number of nitrogens with one attached hydrogen (secondary N) is 1. The SMILES string of the molecule is N#Cc1ccc(Cl)cc1Nc1ccc(Cl)c(C(=O)O)n1. The summed E-state index contributed by atoms with van der Waals surface area (Å²) in [5, 5.41) is 21.3. The van der Waals surface area contributed by atoms with Gasteiger partial charge in [0.15, 0.2) is 5.69 Å². The monoisotopic (exact) mass is 307 g/mol. The Hall–Kier alpha value is -2.29. The lowest BCUT2D eigenvalue weighted by atomic mass is 10.2. The maximum Gasteiger partial charge on any atom is 0.356 e. The number of aromatic carboxylic acids is 1. The van der Waals surface area contributed by atoms with Crippen LogP contribution in [0.2, 0.25) is 10.0 Å². The molecule has 0 fully saturated rings. The van der Waals surface area contributed by atoms with E-state index >= 15 is 0 Å². The van der Waals surface area contributed by atoms with Crippen molar-refractivity contribution in [2.24, 2.45) is 0 Å². The predicted octanol–water partition coefficient (Wildman–Crippen LogP) is 3.70. The van der Waals surface area contributed by atoms with Crippen LogP contribution >= 0.6 is 23.2 Å². The van der Waals surface area contributed by atoms with Crippen molar-refractivity contribution < 1.29 is 9.90 Å². The number of anilines is 2. The second-order valence-electron chi connectivity index (χ2n) is 3.76. The van der Waals surface area contributed by atoms with E-state index < -0.39 is 5.97 Å². The lowest BCUT2D eigenvalue weighted by molar-refractivity contribution is 0.0691. The van der Waals surface area contributed by atoms with Crippen LogP contribution in [0, 0.1) is 11.3 Å². The molecule has 0 radical (unpaired) electrons. The first kappa shape index (κ1) is 14.1. The summed E-state index contributed by atoms with van der Waals surface area (Å²) < 4.78 is 0. The van der Waals surface area contributed by atoms with E-state index in [1.165, 1.54) is 12.1 Å². The summed E-state index contributed by atoms with van der Waals surface area (Å²) in [4.78, 5) is 14.8. The Bertz CT molecular complexity index is 726. The highest BCUT2D eigenvalue weighted by atomic mass is 35.5. The summed E-state index contributed by atoms with van der Waals surface area (Å²) in [6, 6.07) is 9.62. The van der Waals surface area contributed by atoms with Gasteiger partial charge in [0.05, 0.1) is 16.3 Å². The van der Waals surface area contributed by atoms with E-state index in [9.17, 15) is 4.79 Å². The van der Waals surface area contributed by atoms with Crippen molar-refractivity contribution in [3.8, 4) is 6.07 Å². The normalized spacial score (nSPS) is 9.85. The molecule has 1 heterocycles. The molecule has 2 aromatic rings. The molecule has 0 unspecified atom stereocenters. The largest absolute Gasteiger partial charge is 0.476 e. The van der Waals surface area contributed by atoms with Gasteiger partial charge in [0.25, 0.3) is 0 Å². The Balaban J connectivity index is 2.40. The third-order valence-corrected chi connectivity index (χ3v) is 2.95. The number of aromatic nitrogens is 1. The average Bonchev–Trinajstić information content (AvgIpc) is 2.41. The quantitative estimate of drug-likeness (QED) is 0.903. The van der Waals surface area contributed by atoms with Crippen molar-refractivity contribution in [3.05, 3.63) is 51.6 Å². The predicted molar refractivity (Wildman–Crippen MR) is 75.7 cm³/mol. The number of carbonyl (C=O) groups is 1. The average molecular weight is 308 g/mol. The number of rotatable bonds is 3. The summed E-state index contributed by atoms with van der Waals surface area (Å²) in [5.41, 5.74) is 0.534. The fourth-order valence-corrected chi connectivity index (χ4v) is 1.88. The molecule has 1 aromatic carbocycles. The first-order valence-corrected chi connectivity index (χ1v) is 6.13. The number of hydrogen-bond donors (Lipinski definition) is 2. The first-order valence-electron chi connectivity index (χ1n) is 5.38. The lowest BCUT2D eigenvalue weighted by Gasteiger charge is -2.09. The van der Waals surface area contributed by atoms with Crippen molar-refractivity contribution in [2.75, 3.05) is 5.32 Å². The Morgan fingerprint density at radius 1 is 1.30 bits per heavy atom. The standard InChI is InChI=1S/C13H7Cl2N3O2/c14-8-2-1-7(6-16)10(5-8)17-11-4-3-9(15)12(18-11)13(19)20/h1-5H,(H,17,18)(H,19,20). The lowest BCUT2D eigenvalue weighted by Crippen LogP contribution is -2.04. The van der Waals surface area contributed by atoms with Gasteiger partial charge in [-0.2, -0.15) is 5.26 Å². The maximum atomic E-state index is 11.0. The van der Waals surface area contributed by atoms with Gasteiger partial charge >= 0.3 is 5.97 Å². The smallest absolute Gasteiger partial charge is 0.356 e. The third kappa shape index (κ3) is 2.99. The number of carboxylic acids is 1. The zero-order valence-electron chi connectivity index (χ0n) is 9.89. The number of pyridine rings is 1. The Labute approximate surface area is 124 Å². The molecular formula is C13H7Cl2N3O2. The number of hydrogen-bond acceptors (Lipinski definition) is 4. The molecule has 7 heteroatoms. The number of benzene rings is 1. The van der Waals surface area contributed by atoms with Crippen molar-refractivity contribution in [3.63, 3.8) is 0 Å². The molecule has 0 saturated heterocycles. The van der Waals surface area contributed by atoms with Crippen LogP contribution in [0.25, 0.3) is 0 Å². The van der Waals surface area contributed by atoms with Crippen LogP contribution in [-0.4, -0.2) is 16.1 Å². The molecule has 1 aromatic heterocycles. The van der Waals surface area contributed by atoms with E-state index in [1.54, 1.807) is 18.2 Å². The first-order chi connectivity index (χ1) is 9.51. The zero-order chi connectivity index (χ0) is 14.7. The van der Waals surface area contributed by atoms with Crippen molar-refractivity contribution in [1.82, 2.24) is 4.98 Å². The molecule has 5 nitrogen and oxygen atoms in total. The minimum atomic E-state index is -1.23. The minimum absolute atomic E-state index is 0.0367. The molecule has 0 spiro atoms. The highest BCUT2D eigenvalue weighted by Gasteiger charge is 2.12. The number of carboxylic acid groups (broad SMARTS) is 1. The second-order valence-corrected chi connectivity index (χ2v) is 4.60. The molecule has 0 aliphatic rings. The zero-order valence-corrected chi connectivity index (χ0v) is 11.4. The third-order valence-electron chi connectivity index (χ3n) is 2.41. The minimum Gasteiger partial charge on any atom is -0.476 e. The highest BCUT2D eigenvalue weighted by Crippen LogP contribution is 2.25. The van der Waals surface area contributed by atoms with Gasteiger partial charge in [0.2, 0.25) is 0 Å². The van der Waals surface area contributed by atoms with Crippen molar-refractivity contribution >= 4 is 40.7 Å². The summed E-state index contributed by atoms with van der Waals surface area (Å²) in [7, 11) is 0. The van der Waals surface area contributed by atoms with E-state index in [-0.39, 0.29) is 16.5 Å². The van der Waals surface area contributed by atoms with E-state index in [0.29, 0.717) is 16.3 Å². The fraction of sp³-hybridized carbons (Fsp3) is 0. The van der Waals surface area contributed by atoms with Crippen LogP contribution in [0.1, 0.15) is 16.1 Å². The van der Waals surface area contributed by atoms with E-state index in [4.69, 9.17) is 33.6 Å². The molecular weight excluding hydrogens is 301 g/mol. The van der Waals surface area contributed by atoms with Gasteiger partial charge in [0, 0.05) is 5.02 Å². The van der Waals surface area contributed by atoms with Gasteiger partial charge in [-0.1, -0.05) is 23.2 Å². The van der Waals surface area contributed by atoms with Gasteiger partial charge in [0.1, 0.15) is 11.9 Å². The van der Waals surface area contributed by atoms with Gasteiger partial charge in [-0.05, 0) is 30.3 Å². The van der Waals surface area contributed by atoms with Gasteiger partial charge < -0.3 is 10.4 Å². The molecule has 100 valence electrons. The van der Waals surface area contributed by atoms with Crippen molar-refractivity contribution in [1.29, 1.82) is 5.26 Å². The van der Waals surface area contributed by atoms with Crippen molar-refractivity contribution in [2.45, 2.75) is 0 Å². The van der Waals surface area contributed by atoms with E-state index in [2.05, 4.69) is 10.3 Å². The molecule has 0 saturated carbocycles. The molecule has 20 heavy (non-hydrogen) atoms. The Morgan fingerprint density at radius 3 is 2.70 bits per heavy atom. The van der Waals surface area contributed by atoms with Crippen LogP contribution in [0.15, 0.2) is 30.3 Å². The molecule has 0 atom stereocenters. The van der Waals surface area contributed by atoms with Gasteiger partial charge in [-0.15, -0.1) is 0 Å². The summed E-state index contributed by atoms with van der Waals surface area (Å²) in [5.74, 6) is -0.976. The molecule has 2 rings (SSSR count). The number of nitrogens with zero attached hydrogens (tertiary/aromatic N) is 2. The Kier molecular flexibility index (Phi) is 4.08. The van der Waals surface area contributed by atoms with E-state index in [0.717, 1.165) is 0 Å². The van der Waals surface area contributed by atoms with Crippen LogP contribution in [0.3, 0.4) is 0 Å². The molecule has 0 bridgehead atoms. The van der Waals surface area contributed by atoms with Gasteiger partial charge in [-0.25, -0.2) is 9.78 Å².